The Hall–Kier alpha value is -3.31. The van der Waals surface area contributed by atoms with E-state index in [0.29, 0.717) is 0 Å². The highest BCUT2D eigenvalue weighted by molar-refractivity contribution is 5.91. The second-order valence-corrected chi connectivity index (χ2v) is 6.83. The Bertz CT molecular complexity index is 1070. The molecule has 1 aliphatic heterocycles. The number of benzene rings is 2. The number of nitrogens with zero attached hydrogens (tertiary/aromatic N) is 2. The zero-order chi connectivity index (χ0) is 18.8. The molecule has 28 heavy (non-hydrogen) atoms. The van der Waals surface area contributed by atoms with E-state index in [4.69, 9.17) is 14.1 Å². The Morgan fingerprint density at radius 1 is 0.857 bits per heavy atom. The van der Waals surface area contributed by atoms with Crippen molar-refractivity contribution in [3.05, 3.63) is 73.0 Å². The highest BCUT2D eigenvalue weighted by atomic mass is 16.5. The van der Waals surface area contributed by atoms with Gasteiger partial charge in [0, 0.05) is 30.0 Å². The number of furan rings is 1. The molecule has 3 heterocycles. The van der Waals surface area contributed by atoms with Crippen LogP contribution >= 0.6 is 0 Å². The van der Waals surface area contributed by atoms with Crippen LogP contribution in [0.15, 0.2) is 77.4 Å². The van der Waals surface area contributed by atoms with Crippen LogP contribution in [-0.2, 0) is 4.74 Å². The van der Waals surface area contributed by atoms with Gasteiger partial charge in [0.2, 0.25) is 0 Å². The minimum Gasteiger partial charge on any atom is -0.462 e. The fraction of sp³-hybridized carbons (Fsp3) is 0.174. The molecule has 0 unspecified atom stereocenters. The van der Waals surface area contributed by atoms with Gasteiger partial charge in [0.15, 0.2) is 5.58 Å². The first-order valence-electron chi connectivity index (χ1n) is 9.50. The molecule has 0 radical (unpaired) electrons. The molecular weight excluding hydrogens is 350 g/mol. The smallest absolute Gasteiger partial charge is 0.153 e. The van der Waals surface area contributed by atoms with Gasteiger partial charge in [0.25, 0.3) is 0 Å². The predicted molar refractivity (Wildman–Crippen MR) is 112 cm³/mol. The maximum absolute atomic E-state index is 5.69. The Labute approximate surface area is 163 Å². The zero-order valence-electron chi connectivity index (χ0n) is 15.5. The molecule has 2 aromatic carbocycles. The van der Waals surface area contributed by atoms with E-state index in [-0.39, 0.29) is 0 Å². The number of pyridine rings is 1. The molecule has 2 aromatic heterocycles. The van der Waals surface area contributed by atoms with Crippen molar-refractivity contribution in [3.8, 4) is 11.1 Å². The van der Waals surface area contributed by atoms with E-state index in [0.717, 1.165) is 60.0 Å². The molecule has 5 rings (SSSR count). The van der Waals surface area contributed by atoms with Gasteiger partial charge >= 0.3 is 0 Å². The number of aromatic nitrogens is 1. The minimum atomic E-state index is 0.784. The molecule has 0 saturated carbocycles. The first kappa shape index (κ1) is 16.8. The lowest BCUT2D eigenvalue weighted by atomic mass is 10.1. The summed E-state index contributed by atoms with van der Waals surface area (Å²) in [6, 6.07) is 22.5. The first-order valence-corrected chi connectivity index (χ1v) is 9.50. The van der Waals surface area contributed by atoms with Crippen LogP contribution in [0.4, 0.5) is 17.2 Å². The quantitative estimate of drug-likeness (QED) is 0.542. The number of nitrogens with one attached hydrogen (secondary N) is 1. The second kappa shape index (κ2) is 7.37. The topological polar surface area (TPSA) is 50.5 Å². The van der Waals surface area contributed by atoms with E-state index in [1.54, 1.807) is 6.26 Å². The molecule has 0 aliphatic carbocycles. The van der Waals surface area contributed by atoms with Gasteiger partial charge in [-0.15, -0.1) is 0 Å². The molecular formula is C23H21N3O2. The highest BCUT2D eigenvalue weighted by Crippen LogP contribution is 2.31. The lowest BCUT2D eigenvalue weighted by Gasteiger charge is -2.28. The van der Waals surface area contributed by atoms with Gasteiger partial charge in [-0.2, -0.15) is 0 Å². The number of ether oxygens (including phenoxy) is 1. The summed E-state index contributed by atoms with van der Waals surface area (Å²) in [5.41, 5.74) is 5.97. The van der Waals surface area contributed by atoms with Gasteiger partial charge in [-0.1, -0.05) is 30.3 Å². The molecule has 1 aliphatic rings. The van der Waals surface area contributed by atoms with Crippen LogP contribution in [-0.4, -0.2) is 31.3 Å². The normalized spacial score (nSPS) is 14.4. The third-order valence-electron chi connectivity index (χ3n) is 5.02. The molecule has 140 valence electrons. The van der Waals surface area contributed by atoms with Gasteiger partial charge in [-0.3, -0.25) is 0 Å². The largest absolute Gasteiger partial charge is 0.462 e. The lowest BCUT2D eigenvalue weighted by molar-refractivity contribution is 0.122. The highest BCUT2D eigenvalue weighted by Gasteiger charge is 2.12. The Morgan fingerprint density at radius 3 is 2.43 bits per heavy atom. The molecule has 0 atom stereocenters. The summed E-state index contributed by atoms with van der Waals surface area (Å²) >= 11 is 0. The van der Waals surface area contributed by atoms with Crippen molar-refractivity contribution in [2.24, 2.45) is 0 Å². The summed E-state index contributed by atoms with van der Waals surface area (Å²) in [7, 11) is 0. The molecule has 0 bridgehead atoms. The number of rotatable bonds is 4. The summed E-state index contributed by atoms with van der Waals surface area (Å²) < 4.78 is 11.1. The van der Waals surface area contributed by atoms with Crippen LogP contribution < -0.4 is 10.2 Å². The summed E-state index contributed by atoms with van der Waals surface area (Å²) in [6.45, 7) is 3.46. The van der Waals surface area contributed by atoms with Crippen LogP contribution in [0.3, 0.4) is 0 Å². The standard InChI is InChI=1S/C23H21N3O2/c1-2-4-17(5-3-1)20-16-28-21-10-11-22(25-23(20)21)24-18-6-8-19(9-7-18)26-12-14-27-15-13-26/h1-11,16H,12-15H2,(H,24,25). The number of fused-ring (bicyclic) bond motifs is 1. The predicted octanol–water partition coefficient (Wildman–Crippen LogP) is 5.08. The Morgan fingerprint density at radius 2 is 1.64 bits per heavy atom. The lowest BCUT2D eigenvalue weighted by Crippen LogP contribution is -2.36. The first-order chi connectivity index (χ1) is 13.9. The average Bonchev–Trinajstić information content (AvgIpc) is 3.19. The third-order valence-corrected chi connectivity index (χ3v) is 5.02. The van der Waals surface area contributed by atoms with E-state index in [9.17, 15) is 0 Å². The summed E-state index contributed by atoms with van der Waals surface area (Å²) in [5, 5.41) is 3.40. The summed E-state index contributed by atoms with van der Waals surface area (Å²) in [5.74, 6) is 0.796. The van der Waals surface area contributed by atoms with E-state index < -0.39 is 0 Å². The molecule has 5 nitrogen and oxygen atoms in total. The third kappa shape index (κ3) is 3.32. The zero-order valence-corrected chi connectivity index (χ0v) is 15.5. The van der Waals surface area contributed by atoms with Crippen molar-refractivity contribution in [1.82, 2.24) is 4.98 Å². The molecule has 5 heteroatoms. The van der Waals surface area contributed by atoms with Crippen molar-refractivity contribution in [2.75, 3.05) is 36.5 Å². The molecule has 4 aromatic rings. The van der Waals surface area contributed by atoms with Crippen LogP contribution in [0.5, 0.6) is 0 Å². The molecule has 0 spiro atoms. The van der Waals surface area contributed by atoms with Crippen molar-refractivity contribution in [1.29, 1.82) is 0 Å². The van der Waals surface area contributed by atoms with Gasteiger partial charge < -0.3 is 19.4 Å². The summed E-state index contributed by atoms with van der Waals surface area (Å²) in [6.07, 6.45) is 1.77. The van der Waals surface area contributed by atoms with E-state index in [1.807, 2.05) is 30.3 Å². The van der Waals surface area contributed by atoms with Gasteiger partial charge in [0.05, 0.1) is 13.2 Å². The molecule has 1 fully saturated rings. The van der Waals surface area contributed by atoms with Crippen molar-refractivity contribution in [3.63, 3.8) is 0 Å². The maximum atomic E-state index is 5.69. The Balaban J connectivity index is 1.39. The SMILES string of the molecule is c1ccc(-c2coc3ccc(Nc4ccc(N5CCOCC5)cc4)nc23)cc1. The number of hydrogen-bond donors (Lipinski definition) is 1. The summed E-state index contributed by atoms with van der Waals surface area (Å²) in [4.78, 5) is 7.13. The Kier molecular flexibility index (Phi) is 4.43. The minimum absolute atomic E-state index is 0.784. The van der Waals surface area contributed by atoms with Crippen molar-refractivity contribution in [2.45, 2.75) is 0 Å². The van der Waals surface area contributed by atoms with Crippen molar-refractivity contribution >= 4 is 28.3 Å². The van der Waals surface area contributed by atoms with E-state index in [1.165, 1.54) is 5.69 Å². The molecule has 1 saturated heterocycles. The van der Waals surface area contributed by atoms with Crippen LogP contribution in [0.1, 0.15) is 0 Å². The van der Waals surface area contributed by atoms with Crippen LogP contribution in [0, 0.1) is 0 Å². The number of hydrogen-bond acceptors (Lipinski definition) is 5. The average molecular weight is 371 g/mol. The van der Waals surface area contributed by atoms with Gasteiger partial charge in [0.1, 0.15) is 17.6 Å². The fourth-order valence-electron chi connectivity index (χ4n) is 3.53. The number of morpholine rings is 1. The van der Waals surface area contributed by atoms with Crippen LogP contribution in [0.2, 0.25) is 0 Å². The van der Waals surface area contributed by atoms with E-state index in [2.05, 4.69) is 46.6 Å². The van der Waals surface area contributed by atoms with Crippen molar-refractivity contribution < 1.29 is 9.15 Å². The maximum Gasteiger partial charge on any atom is 0.153 e. The molecule has 1 N–H and O–H groups in total. The van der Waals surface area contributed by atoms with E-state index >= 15 is 0 Å². The van der Waals surface area contributed by atoms with Crippen LogP contribution in [0.25, 0.3) is 22.2 Å². The van der Waals surface area contributed by atoms with Gasteiger partial charge in [-0.25, -0.2) is 4.98 Å². The van der Waals surface area contributed by atoms with Gasteiger partial charge in [-0.05, 0) is 42.0 Å². The monoisotopic (exact) mass is 371 g/mol. The number of anilines is 3. The second-order valence-electron chi connectivity index (χ2n) is 6.83. The molecule has 0 amide bonds. The fourth-order valence-corrected chi connectivity index (χ4v) is 3.53.